The summed E-state index contributed by atoms with van der Waals surface area (Å²) in [6.45, 7) is 8.24. The van der Waals surface area contributed by atoms with Crippen LogP contribution in [0, 0.1) is 27.7 Å². The van der Waals surface area contributed by atoms with Crippen LogP contribution in [0.3, 0.4) is 0 Å². The average molecular weight is 254 g/mol. The molecule has 19 heavy (non-hydrogen) atoms. The highest BCUT2D eigenvalue weighted by Gasteiger charge is 2.10. The van der Waals surface area contributed by atoms with Gasteiger partial charge >= 0.3 is 5.97 Å². The van der Waals surface area contributed by atoms with Crippen LogP contribution in [0.2, 0.25) is 0 Å². The predicted octanol–water partition coefficient (Wildman–Crippen LogP) is 4.29. The molecule has 0 heterocycles. The lowest BCUT2D eigenvalue weighted by atomic mass is 9.92. The molecule has 0 aliphatic carbocycles. The molecule has 0 unspecified atom stereocenters. The van der Waals surface area contributed by atoms with Crippen molar-refractivity contribution in [1.29, 1.82) is 0 Å². The van der Waals surface area contributed by atoms with E-state index in [1.54, 1.807) is 12.1 Å². The second kappa shape index (κ2) is 4.88. The van der Waals surface area contributed by atoms with Crippen LogP contribution in [0.1, 0.15) is 32.6 Å². The molecule has 2 aromatic carbocycles. The van der Waals surface area contributed by atoms with Crippen molar-refractivity contribution in [3.63, 3.8) is 0 Å². The average Bonchev–Trinajstić information content (AvgIpc) is 2.34. The molecule has 2 heteroatoms. The maximum Gasteiger partial charge on any atom is 0.335 e. The maximum atomic E-state index is 11.0. The number of rotatable bonds is 2. The zero-order valence-corrected chi connectivity index (χ0v) is 11.7. The van der Waals surface area contributed by atoms with Gasteiger partial charge < -0.3 is 5.11 Å². The molecule has 0 amide bonds. The van der Waals surface area contributed by atoms with Gasteiger partial charge in [-0.05, 0) is 73.2 Å². The summed E-state index contributed by atoms with van der Waals surface area (Å²) in [7, 11) is 0. The Hall–Kier alpha value is -2.09. The molecule has 0 fully saturated rings. The third kappa shape index (κ3) is 2.53. The van der Waals surface area contributed by atoms with Crippen LogP contribution in [0.5, 0.6) is 0 Å². The lowest BCUT2D eigenvalue weighted by Crippen LogP contribution is -1.98. The van der Waals surface area contributed by atoms with Gasteiger partial charge in [-0.2, -0.15) is 0 Å². The van der Waals surface area contributed by atoms with E-state index in [9.17, 15) is 4.79 Å². The van der Waals surface area contributed by atoms with Crippen molar-refractivity contribution in [2.24, 2.45) is 0 Å². The molecular weight excluding hydrogens is 236 g/mol. The first-order chi connectivity index (χ1) is 8.90. The molecule has 0 spiro atoms. The molecule has 1 N–H and O–H groups in total. The van der Waals surface area contributed by atoms with Crippen molar-refractivity contribution in [3.8, 4) is 11.1 Å². The van der Waals surface area contributed by atoms with E-state index < -0.39 is 5.97 Å². The largest absolute Gasteiger partial charge is 0.478 e. The third-order valence-electron chi connectivity index (χ3n) is 3.60. The molecule has 0 aliphatic rings. The smallest absolute Gasteiger partial charge is 0.335 e. The highest BCUT2D eigenvalue weighted by Crippen LogP contribution is 2.29. The first-order valence-corrected chi connectivity index (χ1v) is 6.32. The summed E-state index contributed by atoms with van der Waals surface area (Å²) in [5.74, 6) is -0.883. The van der Waals surface area contributed by atoms with Gasteiger partial charge in [-0.15, -0.1) is 0 Å². The lowest BCUT2D eigenvalue weighted by molar-refractivity contribution is 0.0697. The summed E-state index contributed by atoms with van der Waals surface area (Å²) in [5, 5.41) is 9.01. The molecule has 2 nitrogen and oxygen atoms in total. The fourth-order valence-electron chi connectivity index (χ4n) is 2.35. The molecule has 0 saturated heterocycles. The molecule has 0 saturated carbocycles. The Bertz CT molecular complexity index is 655. The molecule has 0 aliphatic heterocycles. The monoisotopic (exact) mass is 254 g/mol. The first kappa shape index (κ1) is 13.3. The minimum atomic E-state index is -0.883. The maximum absolute atomic E-state index is 11.0. The van der Waals surface area contributed by atoms with Crippen molar-refractivity contribution in [3.05, 3.63) is 58.1 Å². The van der Waals surface area contributed by atoms with Gasteiger partial charge in [0.1, 0.15) is 0 Å². The molecule has 0 atom stereocenters. The second-order valence-corrected chi connectivity index (χ2v) is 5.09. The molecule has 98 valence electrons. The van der Waals surface area contributed by atoms with Crippen LogP contribution in [0.25, 0.3) is 11.1 Å². The Balaban J connectivity index is 2.59. The Morgan fingerprint density at radius 1 is 0.789 bits per heavy atom. The summed E-state index contributed by atoms with van der Waals surface area (Å²) >= 11 is 0. The molecular formula is C17H18O2. The van der Waals surface area contributed by atoms with Gasteiger partial charge in [-0.25, -0.2) is 4.79 Å². The number of aryl methyl sites for hydroxylation is 4. The first-order valence-electron chi connectivity index (χ1n) is 6.32. The quantitative estimate of drug-likeness (QED) is 0.868. The molecule has 0 radical (unpaired) electrons. The topological polar surface area (TPSA) is 37.3 Å². The number of hydrogen-bond acceptors (Lipinski definition) is 1. The third-order valence-corrected chi connectivity index (χ3v) is 3.60. The van der Waals surface area contributed by atoms with Gasteiger partial charge in [0, 0.05) is 0 Å². The minimum Gasteiger partial charge on any atom is -0.478 e. The number of carbonyl (C=O) groups is 1. The van der Waals surface area contributed by atoms with E-state index in [-0.39, 0.29) is 0 Å². The lowest BCUT2D eigenvalue weighted by Gasteiger charge is -2.13. The SMILES string of the molecule is Cc1cc(C)c(-c2ccc(C(=O)O)cc2C)cc1C. The van der Waals surface area contributed by atoms with E-state index in [2.05, 4.69) is 32.9 Å². The van der Waals surface area contributed by atoms with Crippen LogP contribution in [0.4, 0.5) is 0 Å². The van der Waals surface area contributed by atoms with Crippen LogP contribution in [0.15, 0.2) is 30.3 Å². The molecule has 0 bridgehead atoms. The van der Waals surface area contributed by atoms with Gasteiger partial charge in [0.25, 0.3) is 0 Å². The van der Waals surface area contributed by atoms with E-state index in [0.29, 0.717) is 5.56 Å². The van der Waals surface area contributed by atoms with Crippen LogP contribution >= 0.6 is 0 Å². The van der Waals surface area contributed by atoms with Gasteiger partial charge in [0.05, 0.1) is 5.56 Å². The highest BCUT2D eigenvalue weighted by atomic mass is 16.4. The number of hydrogen-bond donors (Lipinski definition) is 1. The second-order valence-electron chi connectivity index (χ2n) is 5.09. The van der Waals surface area contributed by atoms with Gasteiger partial charge in [-0.3, -0.25) is 0 Å². The van der Waals surface area contributed by atoms with Gasteiger partial charge in [0.15, 0.2) is 0 Å². The van der Waals surface area contributed by atoms with Gasteiger partial charge in [-0.1, -0.05) is 18.2 Å². The zero-order chi connectivity index (χ0) is 14.2. The standard InChI is InChI=1S/C17H18O2/c1-10-7-12(3)16(9-11(10)2)15-6-5-14(17(18)19)8-13(15)4/h5-9H,1-4H3,(H,18,19). The van der Waals surface area contributed by atoms with Crippen LogP contribution < -0.4 is 0 Å². The highest BCUT2D eigenvalue weighted by molar-refractivity contribution is 5.89. The molecule has 0 aromatic heterocycles. The zero-order valence-electron chi connectivity index (χ0n) is 11.7. The fourth-order valence-corrected chi connectivity index (χ4v) is 2.35. The van der Waals surface area contributed by atoms with E-state index in [1.165, 1.54) is 22.3 Å². The summed E-state index contributed by atoms with van der Waals surface area (Å²) in [5.41, 5.74) is 7.36. The Labute approximate surface area is 113 Å². The number of carboxylic acid groups (broad SMARTS) is 1. The summed E-state index contributed by atoms with van der Waals surface area (Å²) < 4.78 is 0. The van der Waals surface area contributed by atoms with E-state index in [4.69, 9.17) is 5.11 Å². The van der Waals surface area contributed by atoms with E-state index in [1.807, 2.05) is 13.0 Å². The summed E-state index contributed by atoms with van der Waals surface area (Å²) in [4.78, 5) is 11.0. The van der Waals surface area contributed by atoms with Crippen molar-refractivity contribution in [2.45, 2.75) is 27.7 Å². The van der Waals surface area contributed by atoms with Crippen LogP contribution in [-0.2, 0) is 0 Å². The Kier molecular flexibility index (Phi) is 3.43. The predicted molar refractivity (Wildman–Crippen MR) is 77.8 cm³/mol. The fraction of sp³-hybridized carbons (Fsp3) is 0.235. The van der Waals surface area contributed by atoms with Crippen molar-refractivity contribution >= 4 is 5.97 Å². The Morgan fingerprint density at radius 2 is 1.37 bits per heavy atom. The number of benzene rings is 2. The van der Waals surface area contributed by atoms with Crippen molar-refractivity contribution in [2.75, 3.05) is 0 Å². The normalized spacial score (nSPS) is 10.5. The Morgan fingerprint density at radius 3 is 1.95 bits per heavy atom. The van der Waals surface area contributed by atoms with Crippen molar-refractivity contribution < 1.29 is 9.90 Å². The van der Waals surface area contributed by atoms with E-state index >= 15 is 0 Å². The van der Waals surface area contributed by atoms with Crippen LogP contribution in [-0.4, -0.2) is 11.1 Å². The minimum absolute atomic E-state index is 0.336. The summed E-state index contributed by atoms with van der Waals surface area (Å²) in [6, 6.07) is 9.64. The molecule has 2 aromatic rings. The van der Waals surface area contributed by atoms with Gasteiger partial charge in [0.2, 0.25) is 0 Å². The molecule has 2 rings (SSSR count). The van der Waals surface area contributed by atoms with E-state index in [0.717, 1.165) is 11.1 Å². The number of carboxylic acids is 1. The van der Waals surface area contributed by atoms with Crippen molar-refractivity contribution in [1.82, 2.24) is 0 Å². The number of aromatic carboxylic acids is 1. The summed E-state index contributed by atoms with van der Waals surface area (Å²) in [6.07, 6.45) is 0.